The van der Waals surface area contributed by atoms with E-state index in [9.17, 15) is 9.90 Å². The molecule has 7 nitrogen and oxygen atoms in total. The Labute approximate surface area is 109 Å². The highest BCUT2D eigenvalue weighted by atomic mass is 79.9. The van der Waals surface area contributed by atoms with Crippen LogP contribution in [0.5, 0.6) is 0 Å². The fourth-order valence-electron chi connectivity index (χ4n) is 1.93. The summed E-state index contributed by atoms with van der Waals surface area (Å²) in [4.78, 5) is 23.6. The Balaban J connectivity index is 2.07. The molecule has 18 heavy (non-hydrogen) atoms. The number of aliphatic hydroxyl groups excluding tert-OH is 1. The predicted octanol–water partition coefficient (Wildman–Crippen LogP) is 0.636. The Bertz CT molecular complexity index is 677. The van der Waals surface area contributed by atoms with E-state index in [1.807, 2.05) is 0 Å². The topological polar surface area (TPSA) is 93.0 Å². The maximum absolute atomic E-state index is 11.5. The largest absolute Gasteiger partial charge is 0.471 e. The van der Waals surface area contributed by atoms with Crippen LogP contribution in [0.25, 0.3) is 11.2 Å². The number of ether oxygens (including phenoxy) is 1. The van der Waals surface area contributed by atoms with Crippen molar-refractivity contribution in [3.05, 3.63) is 33.8 Å². The average molecular weight is 313 g/mol. The number of aromatic amines is 1. The third-order valence-corrected chi connectivity index (χ3v) is 3.26. The lowest BCUT2D eigenvalue weighted by Crippen LogP contribution is -2.10. The molecule has 2 aromatic heterocycles. The van der Waals surface area contributed by atoms with Gasteiger partial charge < -0.3 is 14.8 Å². The number of nitrogens with one attached hydrogen (secondary N) is 1. The van der Waals surface area contributed by atoms with E-state index in [-0.39, 0.29) is 11.1 Å². The average Bonchev–Trinajstić information content (AvgIpc) is 2.93. The molecule has 0 amide bonds. The van der Waals surface area contributed by atoms with Gasteiger partial charge in [-0.05, 0) is 0 Å². The van der Waals surface area contributed by atoms with Gasteiger partial charge in [0.15, 0.2) is 17.4 Å². The third kappa shape index (κ3) is 1.65. The van der Waals surface area contributed by atoms with Crippen LogP contribution in [0.1, 0.15) is 12.6 Å². The van der Waals surface area contributed by atoms with Gasteiger partial charge in [-0.15, -0.1) is 0 Å². The first-order valence-corrected chi connectivity index (χ1v) is 6.17. The Morgan fingerprint density at radius 1 is 1.61 bits per heavy atom. The molecule has 0 aliphatic carbocycles. The summed E-state index contributed by atoms with van der Waals surface area (Å²) in [6.07, 6.45) is 2.10. The third-order valence-electron chi connectivity index (χ3n) is 2.81. The van der Waals surface area contributed by atoms with Crippen molar-refractivity contribution >= 4 is 27.1 Å². The summed E-state index contributed by atoms with van der Waals surface area (Å²) in [6, 6.07) is 0. The van der Waals surface area contributed by atoms with Gasteiger partial charge in [-0.2, -0.15) is 0 Å². The summed E-state index contributed by atoms with van der Waals surface area (Å²) in [7, 11) is 0. The molecule has 94 valence electrons. The van der Waals surface area contributed by atoms with Crippen molar-refractivity contribution in [2.24, 2.45) is 0 Å². The Morgan fingerprint density at radius 3 is 3.17 bits per heavy atom. The molecular weight excluding hydrogens is 304 g/mol. The van der Waals surface area contributed by atoms with Crippen LogP contribution in [-0.4, -0.2) is 30.7 Å². The van der Waals surface area contributed by atoms with Crippen molar-refractivity contribution in [2.45, 2.75) is 18.8 Å². The molecule has 1 saturated heterocycles. The summed E-state index contributed by atoms with van der Waals surface area (Å²) in [5.41, 5.74) is 0.396. The zero-order valence-corrected chi connectivity index (χ0v) is 10.7. The van der Waals surface area contributed by atoms with Gasteiger partial charge in [0.05, 0.1) is 6.33 Å². The molecule has 0 aromatic carbocycles. The number of H-pyrrole nitrogens is 1. The number of halogens is 1. The molecule has 0 spiro atoms. The van der Waals surface area contributed by atoms with Gasteiger partial charge in [-0.1, -0.05) is 15.9 Å². The number of hydrogen-bond donors (Lipinski definition) is 2. The number of fused-ring (bicyclic) bond motifs is 1. The van der Waals surface area contributed by atoms with Gasteiger partial charge in [0, 0.05) is 11.4 Å². The Hall–Kier alpha value is -1.67. The highest BCUT2D eigenvalue weighted by Gasteiger charge is 2.31. The zero-order valence-electron chi connectivity index (χ0n) is 9.08. The van der Waals surface area contributed by atoms with Crippen molar-refractivity contribution in [1.29, 1.82) is 0 Å². The molecule has 1 aliphatic heterocycles. The van der Waals surface area contributed by atoms with Crippen LogP contribution >= 0.6 is 15.9 Å². The standard InChI is InChI=1S/C10H9BrN4O3/c11-2-6-5(16)1-7(18-6)15-4-14-8-9(15)12-3-13-10(8)17/h2-5,7,16H,1H2,(H,12,13,17)/b6-2-/t5-,7+/m0/s1. The van der Waals surface area contributed by atoms with E-state index in [1.54, 1.807) is 4.57 Å². The van der Waals surface area contributed by atoms with Gasteiger partial charge >= 0.3 is 0 Å². The van der Waals surface area contributed by atoms with Crippen LogP contribution in [0.3, 0.4) is 0 Å². The van der Waals surface area contributed by atoms with Crippen LogP contribution < -0.4 is 5.56 Å². The van der Waals surface area contributed by atoms with E-state index in [0.29, 0.717) is 17.8 Å². The lowest BCUT2D eigenvalue weighted by Gasteiger charge is -2.11. The number of aliphatic hydroxyl groups is 1. The molecule has 0 bridgehead atoms. The molecule has 0 unspecified atom stereocenters. The first kappa shape index (κ1) is 11.4. The van der Waals surface area contributed by atoms with Crippen LogP contribution in [0.15, 0.2) is 28.2 Å². The number of imidazole rings is 1. The second kappa shape index (κ2) is 4.21. The van der Waals surface area contributed by atoms with E-state index < -0.39 is 12.3 Å². The first-order valence-electron chi connectivity index (χ1n) is 5.26. The molecule has 2 N–H and O–H groups in total. The van der Waals surface area contributed by atoms with E-state index in [2.05, 4.69) is 30.9 Å². The minimum atomic E-state index is -0.672. The fourth-order valence-corrected chi connectivity index (χ4v) is 2.35. The van der Waals surface area contributed by atoms with Crippen LogP contribution in [-0.2, 0) is 4.74 Å². The molecule has 2 aromatic rings. The molecule has 0 saturated carbocycles. The SMILES string of the molecule is O=c1[nH]cnc2c1ncn2[C@H]1C[C@H](O)/C(=C/Br)O1. The number of nitrogens with zero attached hydrogens (tertiary/aromatic N) is 3. The van der Waals surface area contributed by atoms with Gasteiger partial charge in [0.25, 0.3) is 5.56 Å². The van der Waals surface area contributed by atoms with E-state index >= 15 is 0 Å². The lowest BCUT2D eigenvalue weighted by atomic mass is 10.2. The second-order valence-electron chi connectivity index (χ2n) is 3.89. The summed E-state index contributed by atoms with van der Waals surface area (Å²) < 4.78 is 7.19. The van der Waals surface area contributed by atoms with Crippen LogP contribution in [0.2, 0.25) is 0 Å². The van der Waals surface area contributed by atoms with Crippen molar-refractivity contribution in [3.8, 4) is 0 Å². The van der Waals surface area contributed by atoms with E-state index in [4.69, 9.17) is 4.74 Å². The number of aromatic nitrogens is 4. The highest BCUT2D eigenvalue weighted by Crippen LogP contribution is 2.32. The Morgan fingerprint density at radius 2 is 2.44 bits per heavy atom. The van der Waals surface area contributed by atoms with Crippen molar-refractivity contribution in [1.82, 2.24) is 19.5 Å². The summed E-state index contributed by atoms with van der Waals surface area (Å²) >= 11 is 3.13. The molecule has 8 heteroatoms. The molecule has 1 fully saturated rings. The monoisotopic (exact) mass is 312 g/mol. The zero-order chi connectivity index (χ0) is 12.7. The molecule has 3 heterocycles. The van der Waals surface area contributed by atoms with Gasteiger partial charge in [-0.25, -0.2) is 9.97 Å². The highest BCUT2D eigenvalue weighted by molar-refractivity contribution is 9.11. The quantitative estimate of drug-likeness (QED) is 0.806. The normalized spacial score (nSPS) is 25.8. The van der Waals surface area contributed by atoms with E-state index in [0.717, 1.165) is 0 Å². The molecule has 3 rings (SSSR count). The first-order chi connectivity index (χ1) is 8.70. The van der Waals surface area contributed by atoms with Crippen molar-refractivity contribution in [3.63, 3.8) is 0 Å². The summed E-state index contributed by atoms with van der Waals surface area (Å²) in [5.74, 6) is 0.451. The van der Waals surface area contributed by atoms with Crippen molar-refractivity contribution < 1.29 is 9.84 Å². The maximum Gasteiger partial charge on any atom is 0.278 e. The lowest BCUT2D eigenvalue weighted by molar-refractivity contribution is 0.101. The summed E-state index contributed by atoms with van der Waals surface area (Å²) in [5, 5.41) is 9.74. The minimum Gasteiger partial charge on any atom is -0.471 e. The smallest absolute Gasteiger partial charge is 0.278 e. The molecule has 2 atom stereocenters. The maximum atomic E-state index is 11.5. The minimum absolute atomic E-state index is 0.256. The fraction of sp³-hybridized carbons (Fsp3) is 0.300. The van der Waals surface area contributed by atoms with E-state index in [1.165, 1.54) is 17.6 Å². The Kier molecular flexibility index (Phi) is 2.67. The molecular formula is C10H9BrN4O3. The predicted molar refractivity (Wildman–Crippen MR) is 65.9 cm³/mol. The number of rotatable bonds is 1. The summed E-state index contributed by atoms with van der Waals surface area (Å²) in [6.45, 7) is 0. The van der Waals surface area contributed by atoms with Gasteiger partial charge in [0.1, 0.15) is 18.2 Å². The van der Waals surface area contributed by atoms with Gasteiger partial charge in [-0.3, -0.25) is 9.36 Å². The second-order valence-corrected chi connectivity index (χ2v) is 4.35. The van der Waals surface area contributed by atoms with Crippen molar-refractivity contribution in [2.75, 3.05) is 0 Å². The van der Waals surface area contributed by atoms with Crippen LogP contribution in [0, 0.1) is 0 Å². The molecule has 0 radical (unpaired) electrons. The van der Waals surface area contributed by atoms with Gasteiger partial charge in [0.2, 0.25) is 0 Å². The molecule has 1 aliphatic rings. The van der Waals surface area contributed by atoms with Crippen LogP contribution in [0.4, 0.5) is 0 Å². The number of hydrogen-bond acceptors (Lipinski definition) is 5.